The highest BCUT2D eigenvalue weighted by molar-refractivity contribution is 5.89. The second-order valence-corrected chi connectivity index (χ2v) is 2.49. The Bertz CT molecular complexity index is 296. The number of hydrogen-bond acceptors (Lipinski definition) is 3. The molecule has 0 radical (unpaired) electrons. The van der Waals surface area contributed by atoms with Crippen LogP contribution < -0.4 is 5.73 Å². The molecule has 1 aromatic heterocycles. The number of ether oxygens (including phenoxy) is 1. The Morgan fingerprint density at radius 1 is 1.69 bits per heavy atom. The molecule has 0 amide bonds. The van der Waals surface area contributed by atoms with Gasteiger partial charge in [0.05, 0.1) is 12.3 Å². The highest BCUT2D eigenvalue weighted by Gasteiger charge is 2.10. The predicted octanol–water partition coefficient (Wildman–Crippen LogP) is 1.21. The number of carbonyl (C=O) groups excluding carboxylic acids is 1. The van der Waals surface area contributed by atoms with Gasteiger partial charge in [-0.3, -0.25) is 0 Å². The maximum absolute atomic E-state index is 11.2. The highest BCUT2D eigenvalue weighted by atomic mass is 35.5. The number of hydrogen-bond donors (Lipinski definition) is 1. The van der Waals surface area contributed by atoms with E-state index in [2.05, 4.69) is 0 Å². The lowest BCUT2D eigenvalue weighted by Crippen LogP contribution is -2.08. The SMILES string of the molecule is CCOC(=O)c1cc(N)cn1C.Cl. The lowest BCUT2D eigenvalue weighted by molar-refractivity contribution is 0.0515. The van der Waals surface area contributed by atoms with Gasteiger partial charge in [-0.15, -0.1) is 12.4 Å². The number of rotatable bonds is 2. The lowest BCUT2D eigenvalue weighted by atomic mass is 10.4. The number of nitrogens with two attached hydrogens (primary N) is 1. The Labute approximate surface area is 83.1 Å². The van der Waals surface area contributed by atoms with Gasteiger partial charge in [-0.05, 0) is 13.0 Å². The van der Waals surface area contributed by atoms with Crippen molar-refractivity contribution in [2.24, 2.45) is 7.05 Å². The molecule has 0 atom stereocenters. The number of anilines is 1. The Hall–Kier alpha value is -1.16. The summed E-state index contributed by atoms with van der Waals surface area (Å²) in [6.07, 6.45) is 1.67. The van der Waals surface area contributed by atoms with Crippen molar-refractivity contribution in [1.29, 1.82) is 0 Å². The number of aromatic nitrogens is 1. The van der Waals surface area contributed by atoms with E-state index in [1.54, 1.807) is 30.8 Å². The van der Waals surface area contributed by atoms with Crippen LogP contribution >= 0.6 is 12.4 Å². The standard InChI is InChI=1S/C8H12N2O2.ClH/c1-3-12-8(11)7-4-6(9)5-10(7)2;/h4-5H,3,9H2,1-2H3;1H. The molecule has 0 unspecified atom stereocenters. The van der Waals surface area contributed by atoms with Crippen LogP contribution in [-0.2, 0) is 11.8 Å². The zero-order valence-electron chi connectivity index (χ0n) is 7.61. The molecule has 1 heterocycles. The number of aryl methyl sites for hydroxylation is 1. The Morgan fingerprint density at radius 3 is 2.69 bits per heavy atom. The van der Waals surface area contributed by atoms with E-state index in [-0.39, 0.29) is 18.4 Å². The van der Waals surface area contributed by atoms with Crippen molar-refractivity contribution in [3.8, 4) is 0 Å². The summed E-state index contributed by atoms with van der Waals surface area (Å²) in [7, 11) is 1.75. The van der Waals surface area contributed by atoms with Crippen LogP contribution in [0, 0.1) is 0 Å². The van der Waals surface area contributed by atoms with Crippen LogP contribution in [0.1, 0.15) is 17.4 Å². The topological polar surface area (TPSA) is 57.2 Å². The van der Waals surface area contributed by atoms with Crippen molar-refractivity contribution in [1.82, 2.24) is 4.57 Å². The van der Waals surface area contributed by atoms with Gasteiger partial charge in [-0.1, -0.05) is 0 Å². The number of carbonyl (C=O) groups is 1. The fourth-order valence-electron chi connectivity index (χ4n) is 0.998. The Morgan fingerprint density at radius 2 is 2.31 bits per heavy atom. The van der Waals surface area contributed by atoms with E-state index < -0.39 is 0 Å². The number of nitrogens with zero attached hydrogens (tertiary/aromatic N) is 1. The minimum absolute atomic E-state index is 0. The van der Waals surface area contributed by atoms with Crippen LogP contribution in [0.2, 0.25) is 0 Å². The minimum atomic E-state index is -0.336. The number of halogens is 1. The lowest BCUT2D eigenvalue weighted by Gasteiger charge is -2.01. The maximum Gasteiger partial charge on any atom is 0.355 e. The first-order chi connectivity index (χ1) is 5.65. The maximum atomic E-state index is 11.2. The summed E-state index contributed by atoms with van der Waals surface area (Å²) in [6.45, 7) is 2.15. The van der Waals surface area contributed by atoms with Crippen molar-refractivity contribution in [2.75, 3.05) is 12.3 Å². The van der Waals surface area contributed by atoms with E-state index in [9.17, 15) is 4.79 Å². The van der Waals surface area contributed by atoms with E-state index in [1.165, 1.54) is 0 Å². The molecule has 4 nitrogen and oxygen atoms in total. The smallest absolute Gasteiger partial charge is 0.355 e. The predicted molar refractivity (Wildman–Crippen MR) is 53.0 cm³/mol. The molecule has 0 bridgehead atoms. The van der Waals surface area contributed by atoms with Gasteiger partial charge in [0.25, 0.3) is 0 Å². The zero-order valence-corrected chi connectivity index (χ0v) is 8.43. The van der Waals surface area contributed by atoms with Gasteiger partial charge >= 0.3 is 5.97 Å². The summed E-state index contributed by atoms with van der Waals surface area (Å²) in [4.78, 5) is 11.2. The number of nitrogen functional groups attached to an aromatic ring is 1. The largest absolute Gasteiger partial charge is 0.461 e. The van der Waals surface area contributed by atoms with Crippen LogP contribution in [0.25, 0.3) is 0 Å². The van der Waals surface area contributed by atoms with Gasteiger partial charge < -0.3 is 15.0 Å². The Balaban J connectivity index is 0.00000144. The van der Waals surface area contributed by atoms with Crippen molar-refractivity contribution < 1.29 is 9.53 Å². The van der Waals surface area contributed by atoms with E-state index >= 15 is 0 Å². The first kappa shape index (κ1) is 11.8. The molecule has 0 saturated heterocycles. The van der Waals surface area contributed by atoms with Crippen molar-refractivity contribution in [3.63, 3.8) is 0 Å². The van der Waals surface area contributed by atoms with Crippen molar-refractivity contribution in [2.45, 2.75) is 6.92 Å². The molecule has 1 rings (SSSR count). The third-order valence-corrected chi connectivity index (χ3v) is 1.51. The molecule has 13 heavy (non-hydrogen) atoms. The molecule has 0 aliphatic heterocycles. The monoisotopic (exact) mass is 204 g/mol. The summed E-state index contributed by atoms with van der Waals surface area (Å²) < 4.78 is 6.45. The van der Waals surface area contributed by atoms with Gasteiger partial charge in [0.2, 0.25) is 0 Å². The highest BCUT2D eigenvalue weighted by Crippen LogP contribution is 2.09. The molecular weight excluding hydrogens is 192 g/mol. The van der Waals surface area contributed by atoms with Gasteiger partial charge in [-0.2, -0.15) is 0 Å². The molecule has 0 saturated carbocycles. The first-order valence-corrected chi connectivity index (χ1v) is 3.74. The summed E-state index contributed by atoms with van der Waals surface area (Å²) in [6, 6.07) is 1.60. The summed E-state index contributed by atoms with van der Waals surface area (Å²) in [5.74, 6) is -0.336. The van der Waals surface area contributed by atoms with Crippen molar-refractivity contribution in [3.05, 3.63) is 18.0 Å². The van der Waals surface area contributed by atoms with E-state index in [0.717, 1.165) is 0 Å². The molecule has 74 valence electrons. The molecule has 0 fully saturated rings. The van der Waals surface area contributed by atoms with E-state index in [4.69, 9.17) is 10.5 Å². The summed E-state index contributed by atoms with van der Waals surface area (Å²) >= 11 is 0. The van der Waals surface area contributed by atoms with E-state index in [0.29, 0.717) is 18.0 Å². The van der Waals surface area contributed by atoms with Gasteiger partial charge in [0.1, 0.15) is 5.69 Å². The molecule has 1 aromatic rings. The van der Waals surface area contributed by atoms with Gasteiger partial charge in [0.15, 0.2) is 0 Å². The average molecular weight is 205 g/mol. The second-order valence-electron chi connectivity index (χ2n) is 2.49. The fourth-order valence-corrected chi connectivity index (χ4v) is 0.998. The quantitative estimate of drug-likeness (QED) is 0.737. The van der Waals surface area contributed by atoms with Gasteiger partial charge in [0, 0.05) is 13.2 Å². The zero-order chi connectivity index (χ0) is 9.14. The molecular formula is C8H13ClN2O2. The normalized spacial score (nSPS) is 9.08. The van der Waals surface area contributed by atoms with Crippen LogP contribution in [0.3, 0.4) is 0 Å². The van der Waals surface area contributed by atoms with E-state index in [1.807, 2.05) is 0 Å². The van der Waals surface area contributed by atoms with Crippen LogP contribution in [0.15, 0.2) is 12.3 Å². The first-order valence-electron chi connectivity index (χ1n) is 3.74. The number of esters is 1. The van der Waals surface area contributed by atoms with Crippen LogP contribution in [0.5, 0.6) is 0 Å². The summed E-state index contributed by atoms with van der Waals surface area (Å²) in [5.41, 5.74) is 6.54. The summed E-state index contributed by atoms with van der Waals surface area (Å²) in [5, 5.41) is 0. The molecule has 0 aliphatic carbocycles. The third kappa shape index (κ3) is 2.66. The molecule has 2 N–H and O–H groups in total. The molecule has 5 heteroatoms. The van der Waals surface area contributed by atoms with Gasteiger partial charge in [-0.25, -0.2) is 4.79 Å². The molecule has 0 spiro atoms. The molecule has 0 aliphatic rings. The Kier molecular flexibility index (Phi) is 4.34. The minimum Gasteiger partial charge on any atom is -0.461 e. The second kappa shape index (κ2) is 4.77. The van der Waals surface area contributed by atoms with Crippen LogP contribution in [-0.4, -0.2) is 17.1 Å². The fraction of sp³-hybridized carbons (Fsp3) is 0.375. The van der Waals surface area contributed by atoms with Crippen LogP contribution in [0.4, 0.5) is 5.69 Å². The van der Waals surface area contributed by atoms with Crippen molar-refractivity contribution >= 4 is 24.1 Å². The third-order valence-electron chi connectivity index (χ3n) is 1.51. The molecule has 0 aromatic carbocycles. The average Bonchev–Trinajstić information content (AvgIpc) is 2.30.